The van der Waals surface area contributed by atoms with Gasteiger partial charge in [-0.25, -0.2) is 9.17 Å². The number of nitrogens with one attached hydrogen (secondary N) is 1. The summed E-state index contributed by atoms with van der Waals surface area (Å²) in [5.74, 6) is 0.274. The molecule has 3 rings (SSSR count). The Morgan fingerprint density at radius 1 is 1.33 bits per heavy atom. The first-order chi connectivity index (χ1) is 10.3. The zero-order valence-corrected chi connectivity index (χ0v) is 12.7. The molecule has 0 bridgehead atoms. The Bertz CT molecular complexity index is 595. The maximum atomic E-state index is 11.5. The van der Waals surface area contributed by atoms with Crippen LogP contribution in [0.25, 0.3) is 0 Å². The lowest BCUT2D eigenvalue weighted by molar-refractivity contribution is 0.0600. The van der Waals surface area contributed by atoms with Gasteiger partial charge in [0.15, 0.2) is 0 Å². The molecule has 2 heterocycles. The van der Waals surface area contributed by atoms with Crippen molar-refractivity contribution in [1.82, 2.24) is 9.69 Å². The molecule has 4 nitrogen and oxygen atoms in total. The number of nitrogens with zero attached hydrogens (tertiary/aromatic N) is 1. The van der Waals surface area contributed by atoms with E-state index in [0.29, 0.717) is 17.5 Å². The fourth-order valence-corrected chi connectivity index (χ4v) is 3.48. The van der Waals surface area contributed by atoms with E-state index in [9.17, 15) is 4.79 Å². The van der Waals surface area contributed by atoms with Crippen molar-refractivity contribution in [2.45, 2.75) is 24.8 Å². The predicted octanol–water partition coefficient (Wildman–Crippen LogP) is 3.14. The second-order valence-electron chi connectivity index (χ2n) is 5.30. The van der Waals surface area contributed by atoms with Crippen LogP contribution >= 0.6 is 11.5 Å². The Morgan fingerprint density at radius 2 is 2.14 bits per heavy atom. The number of hydrogen-bond donors (Lipinski definition) is 1. The fourth-order valence-electron chi connectivity index (χ4n) is 2.86. The number of benzene rings is 1. The number of methoxy groups -OCH3 is 1. The van der Waals surface area contributed by atoms with Crippen molar-refractivity contribution in [3.63, 3.8) is 0 Å². The largest absolute Gasteiger partial charge is 0.465 e. The first-order valence-electron chi connectivity index (χ1n) is 7.09. The minimum absolute atomic E-state index is 0.291. The third kappa shape index (κ3) is 3.14. The second-order valence-corrected chi connectivity index (χ2v) is 5.96. The molecule has 2 aromatic rings. The van der Waals surface area contributed by atoms with Gasteiger partial charge >= 0.3 is 5.97 Å². The average molecular weight is 302 g/mol. The molecule has 0 spiro atoms. The normalized spacial score (nSPS) is 22.0. The van der Waals surface area contributed by atoms with Crippen molar-refractivity contribution in [3.8, 4) is 0 Å². The van der Waals surface area contributed by atoms with Crippen LogP contribution in [-0.2, 0) is 4.74 Å². The summed E-state index contributed by atoms with van der Waals surface area (Å²) in [6.07, 6.45) is 4.20. The van der Waals surface area contributed by atoms with E-state index >= 15 is 0 Å². The number of aromatic nitrogens is 1. The molecule has 1 unspecified atom stereocenters. The molecule has 1 fully saturated rings. The van der Waals surface area contributed by atoms with E-state index in [2.05, 4.69) is 15.1 Å². The van der Waals surface area contributed by atoms with Gasteiger partial charge in [-0.3, -0.25) is 0 Å². The van der Waals surface area contributed by atoms with Crippen LogP contribution in [0, 0.1) is 0 Å². The van der Waals surface area contributed by atoms with Crippen LogP contribution in [0.4, 0.5) is 0 Å². The highest BCUT2D eigenvalue weighted by atomic mass is 32.1. The van der Waals surface area contributed by atoms with Gasteiger partial charge < -0.3 is 10.1 Å². The Morgan fingerprint density at radius 3 is 2.81 bits per heavy atom. The molecule has 1 aromatic heterocycles. The Balaban J connectivity index is 1.73. The summed E-state index contributed by atoms with van der Waals surface area (Å²) >= 11 is 1.52. The zero-order chi connectivity index (χ0) is 14.7. The monoisotopic (exact) mass is 302 g/mol. The van der Waals surface area contributed by atoms with Crippen LogP contribution in [0.15, 0.2) is 35.8 Å². The summed E-state index contributed by atoms with van der Waals surface area (Å²) < 4.78 is 8.93. The number of carbonyl (C=O) groups is 1. The van der Waals surface area contributed by atoms with Gasteiger partial charge in [-0.05, 0) is 60.1 Å². The number of piperidine rings is 1. The lowest BCUT2D eigenvalue weighted by Crippen LogP contribution is -2.30. The van der Waals surface area contributed by atoms with Gasteiger partial charge in [0, 0.05) is 17.6 Å². The van der Waals surface area contributed by atoms with Crippen LogP contribution in [0.3, 0.4) is 0 Å². The summed E-state index contributed by atoms with van der Waals surface area (Å²) in [7, 11) is 1.40. The van der Waals surface area contributed by atoms with Crippen LogP contribution < -0.4 is 5.32 Å². The smallest absolute Gasteiger partial charge is 0.337 e. The van der Waals surface area contributed by atoms with Crippen LogP contribution in [0.2, 0.25) is 0 Å². The molecular formula is C16H18N2O2S. The van der Waals surface area contributed by atoms with Crippen molar-refractivity contribution in [3.05, 3.63) is 52.5 Å². The molecule has 1 aliphatic rings. The molecule has 0 aliphatic carbocycles. The van der Waals surface area contributed by atoms with Crippen molar-refractivity contribution >= 4 is 17.5 Å². The van der Waals surface area contributed by atoms with Crippen molar-refractivity contribution in [2.24, 2.45) is 0 Å². The maximum Gasteiger partial charge on any atom is 0.337 e. The van der Waals surface area contributed by atoms with E-state index in [1.165, 1.54) is 29.8 Å². The predicted molar refractivity (Wildman–Crippen MR) is 82.6 cm³/mol. The lowest BCUT2D eigenvalue weighted by atomic mass is 9.85. The van der Waals surface area contributed by atoms with Gasteiger partial charge in [0.1, 0.15) is 0 Å². The summed E-state index contributed by atoms with van der Waals surface area (Å²) in [5.41, 5.74) is 3.16. The molecule has 21 heavy (non-hydrogen) atoms. The first-order valence-corrected chi connectivity index (χ1v) is 7.92. The van der Waals surface area contributed by atoms with Crippen molar-refractivity contribution in [1.29, 1.82) is 0 Å². The number of rotatable bonds is 3. The number of hydrogen-bond acceptors (Lipinski definition) is 5. The molecule has 2 atom stereocenters. The number of carbonyl (C=O) groups excluding carboxylic acids is 1. The lowest BCUT2D eigenvalue weighted by Gasteiger charge is -2.30. The molecule has 0 saturated carbocycles. The number of ether oxygens (including phenoxy) is 1. The fraction of sp³-hybridized carbons (Fsp3) is 0.375. The molecule has 0 amide bonds. The Hall–Kier alpha value is -1.72. The van der Waals surface area contributed by atoms with E-state index in [1.54, 1.807) is 0 Å². The molecule has 1 aliphatic heterocycles. The third-order valence-electron chi connectivity index (χ3n) is 4.06. The topological polar surface area (TPSA) is 51.2 Å². The highest BCUT2D eigenvalue weighted by Gasteiger charge is 2.24. The minimum atomic E-state index is -0.291. The average Bonchev–Trinajstić information content (AvgIpc) is 3.09. The van der Waals surface area contributed by atoms with E-state index in [4.69, 9.17) is 4.74 Å². The Labute approximate surface area is 128 Å². The van der Waals surface area contributed by atoms with Gasteiger partial charge in [0.05, 0.1) is 12.7 Å². The molecule has 1 aromatic carbocycles. The molecule has 0 radical (unpaired) electrons. The van der Waals surface area contributed by atoms with E-state index in [-0.39, 0.29) is 5.97 Å². The molecule has 1 saturated heterocycles. The summed E-state index contributed by atoms with van der Waals surface area (Å²) in [6, 6.07) is 8.02. The quantitative estimate of drug-likeness (QED) is 0.885. The van der Waals surface area contributed by atoms with Crippen LogP contribution in [0.5, 0.6) is 0 Å². The molecule has 1 N–H and O–H groups in total. The minimum Gasteiger partial charge on any atom is -0.465 e. The van der Waals surface area contributed by atoms with E-state index in [0.717, 1.165) is 19.4 Å². The van der Waals surface area contributed by atoms with Crippen molar-refractivity contribution in [2.75, 3.05) is 13.7 Å². The van der Waals surface area contributed by atoms with Gasteiger partial charge in [0.25, 0.3) is 0 Å². The zero-order valence-electron chi connectivity index (χ0n) is 11.9. The first kappa shape index (κ1) is 14.2. The third-order valence-corrected chi connectivity index (χ3v) is 4.67. The van der Waals surface area contributed by atoms with E-state index in [1.807, 2.05) is 30.5 Å². The molecule has 110 valence electrons. The van der Waals surface area contributed by atoms with Crippen molar-refractivity contribution < 1.29 is 9.53 Å². The van der Waals surface area contributed by atoms with Gasteiger partial charge in [-0.15, -0.1) is 0 Å². The molecule has 5 heteroatoms. The highest BCUT2D eigenvalue weighted by Crippen LogP contribution is 2.34. The standard InChI is InChI=1S/C16H18N2O2S/c1-20-16(19)12-4-2-11(3-5-12)15-8-13(6-7-17-15)14-9-18-21-10-14/h2-5,9-10,13,15,17H,6-8H2,1H3/t13?,15-/m0/s1. The van der Waals surface area contributed by atoms with Crippen LogP contribution in [-0.4, -0.2) is 24.0 Å². The second kappa shape index (κ2) is 6.37. The Kier molecular flexibility index (Phi) is 4.31. The highest BCUT2D eigenvalue weighted by molar-refractivity contribution is 7.03. The summed E-state index contributed by atoms with van der Waals surface area (Å²) in [4.78, 5) is 11.5. The number of esters is 1. The maximum absolute atomic E-state index is 11.5. The molecular weight excluding hydrogens is 284 g/mol. The van der Waals surface area contributed by atoms with Crippen LogP contribution in [0.1, 0.15) is 46.3 Å². The SMILES string of the molecule is COC(=O)c1ccc([C@@H]2CC(c3cnsc3)CCN2)cc1. The summed E-state index contributed by atoms with van der Waals surface area (Å²) in [6.45, 7) is 1.00. The summed E-state index contributed by atoms with van der Waals surface area (Å²) in [5, 5.41) is 5.70. The van der Waals surface area contributed by atoms with E-state index < -0.39 is 0 Å². The van der Waals surface area contributed by atoms with Gasteiger partial charge in [0.2, 0.25) is 0 Å². The van der Waals surface area contributed by atoms with Gasteiger partial charge in [-0.1, -0.05) is 12.1 Å². The van der Waals surface area contributed by atoms with Gasteiger partial charge in [-0.2, -0.15) is 0 Å².